The Balaban J connectivity index is 2.47. The van der Waals surface area contributed by atoms with Crippen molar-refractivity contribution in [1.29, 1.82) is 0 Å². The van der Waals surface area contributed by atoms with Crippen LogP contribution < -0.4 is 5.32 Å². The average molecular weight is 247 g/mol. The first-order chi connectivity index (χ1) is 8.76. The van der Waals surface area contributed by atoms with Gasteiger partial charge in [-0.3, -0.25) is 4.68 Å². The Morgan fingerprint density at radius 1 is 1.33 bits per heavy atom. The van der Waals surface area contributed by atoms with Gasteiger partial charge in [0.25, 0.3) is 0 Å². The maximum atomic E-state index is 13.4. The Bertz CT molecular complexity index is 520. The van der Waals surface area contributed by atoms with Gasteiger partial charge in [-0.05, 0) is 37.2 Å². The molecular weight excluding hydrogens is 229 g/mol. The van der Waals surface area contributed by atoms with Crippen LogP contribution >= 0.6 is 0 Å². The second-order valence-electron chi connectivity index (χ2n) is 4.27. The zero-order valence-corrected chi connectivity index (χ0v) is 10.8. The maximum absolute atomic E-state index is 13.4. The molecule has 3 nitrogen and oxygen atoms in total. The lowest BCUT2D eigenvalue weighted by Gasteiger charge is -2.11. The highest BCUT2D eigenvalue weighted by molar-refractivity contribution is 5.64. The Morgan fingerprint density at radius 2 is 2.17 bits per heavy atom. The number of benzene rings is 1. The molecule has 0 saturated carbocycles. The van der Waals surface area contributed by atoms with E-state index >= 15 is 0 Å². The number of nitrogens with zero attached hydrogens (tertiary/aromatic N) is 2. The third-order valence-corrected chi connectivity index (χ3v) is 2.87. The molecule has 1 N–H and O–H groups in total. The largest absolute Gasteiger partial charge is 0.316 e. The van der Waals surface area contributed by atoms with Gasteiger partial charge >= 0.3 is 0 Å². The molecule has 96 valence electrons. The number of rotatable bonds is 5. The fourth-order valence-corrected chi connectivity index (χ4v) is 2.08. The van der Waals surface area contributed by atoms with Crippen LogP contribution in [0.1, 0.15) is 18.9 Å². The quantitative estimate of drug-likeness (QED) is 0.880. The summed E-state index contributed by atoms with van der Waals surface area (Å²) in [6, 6.07) is 6.83. The van der Waals surface area contributed by atoms with Crippen LogP contribution in [0.5, 0.6) is 0 Å². The van der Waals surface area contributed by atoms with Crippen molar-refractivity contribution in [3.8, 4) is 11.3 Å². The molecule has 0 aliphatic rings. The van der Waals surface area contributed by atoms with Crippen molar-refractivity contribution < 1.29 is 4.39 Å². The van der Waals surface area contributed by atoms with Gasteiger partial charge in [-0.25, -0.2) is 4.39 Å². The van der Waals surface area contributed by atoms with Crippen LogP contribution in [0.25, 0.3) is 11.3 Å². The monoisotopic (exact) mass is 247 g/mol. The van der Waals surface area contributed by atoms with Crippen LogP contribution in [0.15, 0.2) is 30.5 Å². The van der Waals surface area contributed by atoms with Gasteiger partial charge in [-0.2, -0.15) is 5.10 Å². The number of halogens is 1. The first kappa shape index (κ1) is 12.8. The third-order valence-electron chi connectivity index (χ3n) is 2.87. The number of aryl methyl sites for hydroxylation is 1. The molecule has 1 aromatic heterocycles. The van der Waals surface area contributed by atoms with Crippen molar-refractivity contribution in [2.24, 2.45) is 0 Å². The van der Waals surface area contributed by atoms with E-state index in [1.807, 2.05) is 23.9 Å². The molecule has 0 saturated heterocycles. The zero-order chi connectivity index (χ0) is 13.0. The topological polar surface area (TPSA) is 29.9 Å². The van der Waals surface area contributed by atoms with Gasteiger partial charge in [-0.15, -0.1) is 0 Å². The summed E-state index contributed by atoms with van der Waals surface area (Å²) in [7, 11) is 1.89. The fraction of sp³-hybridized carbons (Fsp3) is 0.357. The minimum Gasteiger partial charge on any atom is -0.316 e. The summed E-state index contributed by atoms with van der Waals surface area (Å²) < 4.78 is 15.4. The molecule has 0 aliphatic heterocycles. The van der Waals surface area contributed by atoms with E-state index in [2.05, 4.69) is 17.3 Å². The number of nitrogens with one attached hydrogen (secondary N) is 1. The van der Waals surface area contributed by atoms with Gasteiger partial charge in [0.1, 0.15) is 5.82 Å². The van der Waals surface area contributed by atoms with Crippen LogP contribution in [0.3, 0.4) is 0 Å². The summed E-state index contributed by atoms with van der Waals surface area (Å²) in [6.07, 6.45) is 2.77. The Labute approximate surface area is 107 Å². The summed E-state index contributed by atoms with van der Waals surface area (Å²) in [5.41, 5.74) is 2.97. The number of hydrogen-bond acceptors (Lipinski definition) is 2. The highest BCUT2D eigenvalue weighted by Crippen LogP contribution is 2.24. The number of hydrogen-bond donors (Lipinski definition) is 1. The van der Waals surface area contributed by atoms with Crippen molar-refractivity contribution in [1.82, 2.24) is 15.1 Å². The van der Waals surface area contributed by atoms with E-state index in [0.29, 0.717) is 6.54 Å². The smallest absolute Gasteiger partial charge is 0.123 e. The summed E-state index contributed by atoms with van der Waals surface area (Å²) in [4.78, 5) is 0. The average Bonchev–Trinajstić information content (AvgIpc) is 2.80. The molecule has 0 bridgehead atoms. The van der Waals surface area contributed by atoms with Crippen molar-refractivity contribution in [2.75, 3.05) is 7.05 Å². The molecule has 1 heterocycles. The van der Waals surface area contributed by atoms with Crippen LogP contribution in [-0.2, 0) is 13.1 Å². The van der Waals surface area contributed by atoms with Gasteiger partial charge in [0.05, 0.1) is 5.69 Å². The number of aromatic nitrogens is 2. The van der Waals surface area contributed by atoms with E-state index in [0.717, 1.165) is 29.8 Å². The molecule has 0 spiro atoms. The van der Waals surface area contributed by atoms with E-state index in [4.69, 9.17) is 0 Å². The minimum atomic E-state index is -0.214. The van der Waals surface area contributed by atoms with Crippen molar-refractivity contribution in [2.45, 2.75) is 26.4 Å². The van der Waals surface area contributed by atoms with Gasteiger partial charge in [-0.1, -0.05) is 13.0 Å². The molecule has 0 radical (unpaired) electrons. The van der Waals surface area contributed by atoms with E-state index in [-0.39, 0.29) is 5.82 Å². The van der Waals surface area contributed by atoms with Gasteiger partial charge in [0, 0.05) is 24.8 Å². The summed E-state index contributed by atoms with van der Waals surface area (Å²) in [5, 5.41) is 7.39. The van der Waals surface area contributed by atoms with Gasteiger partial charge in [0.15, 0.2) is 0 Å². The van der Waals surface area contributed by atoms with Crippen LogP contribution in [-0.4, -0.2) is 16.8 Å². The van der Waals surface area contributed by atoms with Crippen LogP contribution in [0.2, 0.25) is 0 Å². The highest BCUT2D eigenvalue weighted by Gasteiger charge is 2.10. The Morgan fingerprint density at radius 3 is 2.89 bits per heavy atom. The van der Waals surface area contributed by atoms with Crippen molar-refractivity contribution >= 4 is 0 Å². The maximum Gasteiger partial charge on any atom is 0.123 e. The lowest BCUT2D eigenvalue weighted by molar-refractivity contribution is 0.605. The second-order valence-corrected chi connectivity index (χ2v) is 4.27. The molecular formula is C14H18FN3. The molecule has 0 unspecified atom stereocenters. The molecule has 4 heteroatoms. The first-order valence-electron chi connectivity index (χ1n) is 6.21. The van der Waals surface area contributed by atoms with Crippen LogP contribution in [0.4, 0.5) is 4.39 Å². The van der Waals surface area contributed by atoms with Gasteiger partial charge < -0.3 is 5.32 Å². The first-order valence-corrected chi connectivity index (χ1v) is 6.21. The van der Waals surface area contributed by atoms with Crippen molar-refractivity contribution in [3.63, 3.8) is 0 Å². The third kappa shape index (κ3) is 2.59. The molecule has 18 heavy (non-hydrogen) atoms. The van der Waals surface area contributed by atoms with Crippen molar-refractivity contribution in [3.05, 3.63) is 41.8 Å². The molecule has 2 aromatic rings. The molecule has 2 rings (SSSR count). The summed E-state index contributed by atoms with van der Waals surface area (Å²) in [6.45, 7) is 3.66. The predicted octanol–water partition coefficient (Wildman–Crippen LogP) is 2.82. The predicted molar refractivity (Wildman–Crippen MR) is 70.7 cm³/mol. The summed E-state index contributed by atoms with van der Waals surface area (Å²) >= 11 is 0. The van der Waals surface area contributed by atoms with Gasteiger partial charge in [0.2, 0.25) is 0 Å². The highest BCUT2D eigenvalue weighted by atomic mass is 19.1. The summed E-state index contributed by atoms with van der Waals surface area (Å²) in [5.74, 6) is -0.214. The van der Waals surface area contributed by atoms with E-state index in [1.54, 1.807) is 12.3 Å². The fourth-order valence-electron chi connectivity index (χ4n) is 2.08. The molecule has 0 atom stereocenters. The Kier molecular flexibility index (Phi) is 4.10. The second kappa shape index (κ2) is 5.78. The standard InChI is InChI=1S/C14H18FN3/c1-3-8-18-14(6-7-17-18)13-9-12(15)5-4-11(13)10-16-2/h4-7,9,16H,3,8,10H2,1-2H3. The van der Waals surface area contributed by atoms with E-state index in [9.17, 15) is 4.39 Å². The molecule has 0 aliphatic carbocycles. The normalized spacial score (nSPS) is 10.8. The minimum absolute atomic E-state index is 0.214. The van der Waals surface area contributed by atoms with Crippen LogP contribution in [0, 0.1) is 5.82 Å². The zero-order valence-electron chi connectivity index (χ0n) is 10.8. The lowest BCUT2D eigenvalue weighted by atomic mass is 10.0. The SMILES string of the molecule is CCCn1nccc1-c1cc(F)ccc1CNC. The van der Waals surface area contributed by atoms with E-state index < -0.39 is 0 Å². The Hall–Kier alpha value is -1.68. The molecule has 0 amide bonds. The van der Waals surface area contributed by atoms with E-state index in [1.165, 1.54) is 6.07 Å². The lowest BCUT2D eigenvalue weighted by Crippen LogP contribution is -2.08. The molecule has 1 aromatic carbocycles. The molecule has 0 fully saturated rings.